The number of ketones is 2. The Labute approximate surface area is 106 Å². The van der Waals surface area contributed by atoms with Crippen LogP contribution >= 0.6 is 0 Å². The lowest BCUT2D eigenvalue weighted by atomic mass is 9.73. The van der Waals surface area contributed by atoms with E-state index in [1.807, 2.05) is 13.8 Å². The molecule has 0 saturated heterocycles. The molecule has 2 N–H and O–H groups in total. The van der Waals surface area contributed by atoms with Gasteiger partial charge in [0.1, 0.15) is 0 Å². The minimum absolute atomic E-state index is 0.0432. The minimum atomic E-state index is -0.914. The number of nitrogens with one attached hydrogen (secondary N) is 1. The number of carbonyl (C=O) groups is 3. The van der Waals surface area contributed by atoms with Gasteiger partial charge in [0, 0.05) is 25.1 Å². The van der Waals surface area contributed by atoms with Crippen molar-refractivity contribution in [3.05, 3.63) is 11.3 Å². The summed E-state index contributed by atoms with van der Waals surface area (Å²) in [4.78, 5) is 34.2. The summed E-state index contributed by atoms with van der Waals surface area (Å²) in [7, 11) is 0. The van der Waals surface area contributed by atoms with E-state index in [1.54, 1.807) is 6.92 Å². The predicted molar refractivity (Wildman–Crippen MR) is 66.0 cm³/mol. The lowest BCUT2D eigenvalue weighted by Gasteiger charge is -2.29. The first kappa shape index (κ1) is 14.4. The Morgan fingerprint density at radius 2 is 1.78 bits per heavy atom. The molecule has 100 valence electrons. The number of Topliss-reactive ketones (excluding diaryl/α,β-unsaturated/α-hetero) is 2. The van der Waals surface area contributed by atoms with Crippen molar-refractivity contribution in [3.63, 3.8) is 0 Å². The van der Waals surface area contributed by atoms with Crippen LogP contribution in [0.4, 0.5) is 0 Å². The van der Waals surface area contributed by atoms with Crippen LogP contribution in [0.15, 0.2) is 11.3 Å². The van der Waals surface area contributed by atoms with E-state index in [4.69, 9.17) is 5.11 Å². The Kier molecular flexibility index (Phi) is 4.27. The molecular weight excluding hydrogens is 234 g/mol. The Morgan fingerprint density at radius 1 is 1.28 bits per heavy atom. The third-order valence-electron chi connectivity index (χ3n) is 2.94. The van der Waals surface area contributed by atoms with Gasteiger partial charge in [-0.2, -0.15) is 0 Å². The maximum Gasteiger partial charge on any atom is 0.305 e. The molecule has 0 spiro atoms. The van der Waals surface area contributed by atoms with Gasteiger partial charge in [-0.25, -0.2) is 0 Å². The summed E-state index contributed by atoms with van der Waals surface area (Å²) in [6.07, 6.45) is 0.663. The van der Waals surface area contributed by atoms with Crippen LogP contribution in [-0.2, 0) is 14.4 Å². The van der Waals surface area contributed by atoms with Crippen LogP contribution < -0.4 is 5.32 Å². The zero-order valence-corrected chi connectivity index (χ0v) is 11.0. The largest absolute Gasteiger partial charge is 0.481 e. The Morgan fingerprint density at radius 3 is 2.22 bits per heavy atom. The minimum Gasteiger partial charge on any atom is -0.481 e. The van der Waals surface area contributed by atoms with Gasteiger partial charge in [0.2, 0.25) is 0 Å². The summed E-state index contributed by atoms with van der Waals surface area (Å²) in [5, 5.41) is 11.3. The molecule has 0 heterocycles. The van der Waals surface area contributed by atoms with Crippen molar-refractivity contribution in [1.82, 2.24) is 5.32 Å². The molecule has 1 aliphatic carbocycles. The van der Waals surface area contributed by atoms with Gasteiger partial charge in [0.25, 0.3) is 0 Å². The van der Waals surface area contributed by atoms with Gasteiger partial charge in [0.05, 0.1) is 12.0 Å². The number of hydrogen-bond acceptors (Lipinski definition) is 4. The maximum absolute atomic E-state index is 11.9. The molecule has 0 aromatic carbocycles. The van der Waals surface area contributed by atoms with Gasteiger partial charge in [-0.1, -0.05) is 13.8 Å². The third kappa shape index (κ3) is 3.68. The van der Waals surface area contributed by atoms with Gasteiger partial charge >= 0.3 is 5.97 Å². The highest BCUT2D eigenvalue weighted by Crippen LogP contribution is 2.34. The molecule has 0 bridgehead atoms. The number of allylic oxidation sites excluding steroid dienone is 2. The van der Waals surface area contributed by atoms with E-state index in [1.165, 1.54) is 0 Å². The molecule has 5 nitrogen and oxygen atoms in total. The number of rotatable bonds is 4. The smallest absolute Gasteiger partial charge is 0.305 e. The van der Waals surface area contributed by atoms with E-state index >= 15 is 0 Å². The molecule has 18 heavy (non-hydrogen) atoms. The van der Waals surface area contributed by atoms with Crippen molar-refractivity contribution in [2.45, 2.75) is 40.0 Å². The van der Waals surface area contributed by atoms with Gasteiger partial charge in [-0.3, -0.25) is 14.4 Å². The molecule has 1 fully saturated rings. The fraction of sp³-hybridized carbons (Fsp3) is 0.615. The monoisotopic (exact) mass is 253 g/mol. The number of carbonyl (C=O) groups excluding carboxylic acids is 2. The van der Waals surface area contributed by atoms with Crippen LogP contribution in [0.2, 0.25) is 0 Å². The summed E-state index contributed by atoms with van der Waals surface area (Å²) >= 11 is 0. The maximum atomic E-state index is 11.9. The standard InChI is InChI=1S/C13H19NO4/c1-8(14-5-4-11(17)18)12-9(15)6-13(2,3)7-10(12)16/h14H,4-7H2,1-3H3,(H,17,18). The van der Waals surface area contributed by atoms with E-state index in [0.717, 1.165) is 0 Å². The summed E-state index contributed by atoms with van der Waals surface area (Å²) in [5.41, 5.74) is 0.417. The fourth-order valence-electron chi connectivity index (χ4n) is 2.13. The fourth-order valence-corrected chi connectivity index (χ4v) is 2.13. The first-order valence-electron chi connectivity index (χ1n) is 5.96. The van der Waals surface area contributed by atoms with Crippen LogP contribution in [-0.4, -0.2) is 29.2 Å². The summed E-state index contributed by atoms with van der Waals surface area (Å²) < 4.78 is 0. The zero-order chi connectivity index (χ0) is 13.9. The number of hydrogen-bond donors (Lipinski definition) is 2. The van der Waals surface area contributed by atoms with Gasteiger partial charge in [-0.15, -0.1) is 0 Å². The average molecular weight is 253 g/mol. The second kappa shape index (κ2) is 5.33. The van der Waals surface area contributed by atoms with E-state index in [9.17, 15) is 14.4 Å². The van der Waals surface area contributed by atoms with Crippen molar-refractivity contribution in [2.24, 2.45) is 5.41 Å². The highest BCUT2D eigenvalue weighted by atomic mass is 16.4. The van der Waals surface area contributed by atoms with Crippen molar-refractivity contribution < 1.29 is 19.5 Å². The van der Waals surface area contributed by atoms with Crippen LogP contribution in [0.1, 0.15) is 40.0 Å². The molecule has 0 amide bonds. The average Bonchev–Trinajstić information content (AvgIpc) is 2.12. The second-order valence-corrected chi connectivity index (χ2v) is 5.43. The number of carboxylic acids is 1. The van der Waals surface area contributed by atoms with Crippen molar-refractivity contribution >= 4 is 17.5 Å². The van der Waals surface area contributed by atoms with Crippen LogP contribution in [0.3, 0.4) is 0 Å². The molecule has 0 aromatic rings. The quantitative estimate of drug-likeness (QED) is 0.582. The Bertz CT molecular complexity index is 399. The van der Waals surface area contributed by atoms with Crippen molar-refractivity contribution in [1.29, 1.82) is 0 Å². The molecular formula is C13H19NO4. The van der Waals surface area contributed by atoms with Gasteiger partial charge in [0.15, 0.2) is 11.6 Å². The first-order chi connectivity index (χ1) is 8.23. The summed E-state index contributed by atoms with van der Waals surface area (Å²) in [5.74, 6) is -1.23. The topological polar surface area (TPSA) is 83.5 Å². The summed E-state index contributed by atoms with van der Waals surface area (Å²) in [6, 6.07) is 0. The van der Waals surface area contributed by atoms with Crippen LogP contribution in [0.5, 0.6) is 0 Å². The second-order valence-electron chi connectivity index (χ2n) is 5.43. The summed E-state index contributed by atoms with van der Waals surface area (Å²) in [6.45, 7) is 5.65. The van der Waals surface area contributed by atoms with Crippen molar-refractivity contribution in [2.75, 3.05) is 6.54 Å². The van der Waals surface area contributed by atoms with Gasteiger partial charge in [-0.05, 0) is 12.3 Å². The molecule has 0 atom stereocenters. The molecule has 0 aliphatic heterocycles. The Balaban J connectivity index is 2.77. The molecule has 0 unspecified atom stereocenters. The Hall–Kier alpha value is -1.65. The normalized spacial score (nSPS) is 18.7. The molecule has 0 aromatic heterocycles. The lowest BCUT2D eigenvalue weighted by Crippen LogP contribution is -2.34. The molecule has 1 saturated carbocycles. The van der Waals surface area contributed by atoms with Crippen LogP contribution in [0.25, 0.3) is 0 Å². The lowest BCUT2D eigenvalue weighted by molar-refractivity contribution is -0.136. The van der Waals surface area contributed by atoms with E-state index in [0.29, 0.717) is 18.5 Å². The molecule has 1 rings (SSSR count). The molecule has 1 aliphatic rings. The number of aliphatic carboxylic acids is 1. The van der Waals surface area contributed by atoms with E-state index in [-0.39, 0.29) is 35.5 Å². The van der Waals surface area contributed by atoms with E-state index < -0.39 is 5.97 Å². The third-order valence-corrected chi connectivity index (χ3v) is 2.94. The van der Waals surface area contributed by atoms with Crippen molar-refractivity contribution in [3.8, 4) is 0 Å². The highest BCUT2D eigenvalue weighted by Gasteiger charge is 2.36. The molecule has 0 radical (unpaired) electrons. The van der Waals surface area contributed by atoms with E-state index in [2.05, 4.69) is 5.32 Å². The SMILES string of the molecule is CC(NCCC(=O)O)=C1C(=O)CC(C)(C)CC1=O. The van der Waals surface area contributed by atoms with Crippen LogP contribution in [0, 0.1) is 5.41 Å². The molecule has 5 heteroatoms. The number of carboxylic acid groups (broad SMARTS) is 1. The highest BCUT2D eigenvalue weighted by molar-refractivity contribution is 6.22. The zero-order valence-electron chi connectivity index (χ0n) is 11.0. The predicted octanol–water partition coefficient (Wildman–Crippen LogP) is 1.28. The van der Waals surface area contributed by atoms with Gasteiger partial charge < -0.3 is 10.4 Å². The first-order valence-corrected chi connectivity index (χ1v) is 5.96.